The van der Waals surface area contributed by atoms with Crippen molar-refractivity contribution < 1.29 is 27.9 Å². The third kappa shape index (κ3) is 4.83. The number of hydrogen-bond donors (Lipinski definition) is 2. The highest BCUT2D eigenvalue weighted by Gasteiger charge is 2.17. The first-order chi connectivity index (χ1) is 9.77. The van der Waals surface area contributed by atoms with E-state index in [0.29, 0.717) is 0 Å². The number of benzene rings is 1. The van der Waals surface area contributed by atoms with Crippen LogP contribution in [0.15, 0.2) is 29.2 Å². The summed E-state index contributed by atoms with van der Waals surface area (Å²) >= 11 is 0. The summed E-state index contributed by atoms with van der Waals surface area (Å²) in [4.78, 5) is 22.5. The summed E-state index contributed by atoms with van der Waals surface area (Å²) in [6, 6.07) is 4.27. The molecule has 0 aromatic heterocycles. The van der Waals surface area contributed by atoms with Crippen LogP contribution in [0.1, 0.15) is 17.3 Å². The van der Waals surface area contributed by atoms with E-state index in [1.807, 2.05) is 0 Å². The second-order valence-corrected chi connectivity index (χ2v) is 6.48. The average Bonchev–Trinajstić information content (AvgIpc) is 2.45. The van der Waals surface area contributed by atoms with Gasteiger partial charge >= 0.3 is 5.97 Å². The van der Waals surface area contributed by atoms with Crippen molar-refractivity contribution in [1.29, 1.82) is 0 Å². The van der Waals surface area contributed by atoms with Crippen LogP contribution in [0, 0.1) is 0 Å². The fourth-order valence-corrected chi connectivity index (χ4v) is 2.64. The van der Waals surface area contributed by atoms with Crippen LogP contribution in [0.3, 0.4) is 0 Å². The van der Waals surface area contributed by atoms with Crippen molar-refractivity contribution in [3.63, 3.8) is 0 Å². The number of carbonyl (C=O) groups excluding carboxylic acids is 1. The number of amides is 1. The molecular formula is C13H17NO6S. The molecule has 0 fully saturated rings. The largest absolute Gasteiger partial charge is 0.480 e. The van der Waals surface area contributed by atoms with Gasteiger partial charge in [0.05, 0.1) is 17.3 Å². The maximum atomic E-state index is 11.9. The number of hydrogen-bond acceptors (Lipinski definition) is 5. The van der Waals surface area contributed by atoms with E-state index in [9.17, 15) is 18.0 Å². The second kappa shape index (κ2) is 7.19. The number of sulfone groups is 1. The van der Waals surface area contributed by atoms with Crippen LogP contribution in [0.4, 0.5) is 0 Å². The van der Waals surface area contributed by atoms with E-state index < -0.39 is 27.8 Å². The van der Waals surface area contributed by atoms with Gasteiger partial charge in [0, 0.05) is 12.7 Å². The number of methoxy groups -OCH3 is 1. The lowest BCUT2D eigenvalue weighted by Gasteiger charge is -2.09. The standard InChI is InChI=1S/C13H17NO6S/c1-9(13(16)17)14-12(15)10-3-5-11(6-4-10)21(18,19)8-7-20-2/h3-6,9H,7-8H2,1-2H3,(H,14,15)(H,16,17). The highest BCUT2D eigenvalue weighted by molar-refractivity contribution is 7.91. The van der Waals surface area contributed by atoms with E-state index in [0.717, 1.165) is 0 Å². The number of carboxylic acids is 1. The van der Waals surface area contributed by atoms with E-state index in [4.69, 9.17) is 9.84 Å². The Labute approximate surface area is 122 Å². The van der Waals surface area contributed by atoms with Crippen LogP contribution in [0.2, 0.25) is 0 Å². The van der Waals surface area contributed by atoms with E-state index in [1.165, 1.54) is 38.3 Å². The number of ether oxygens (including phenoxy) is 1. The Bertz CT molecular complexity index is 608. The van der Waals surface area contributed by atoms with Crippen molar-refractivity contribution in [1.82, 2.24) is 5.32 Å². The quantitative estimate of drug-likeness (QED) is 0.749. The SMILES string of the molecule is COCCS(=O)(=O)c1ccc(C(=O)NC(C)C(=O)O)cc1. The van der Waals surface area contributed by atoms with Gasteiger partial charge in [-0.05, 0) is 31.2 Å². The lowest BCUT2D eigenvalue weighted by Crippen LogP contribution is -2.38. The summed E-state index contributed by atoms with van der Waals surface area (Å²) in [6.45, 7) is 1.42. The average molecular weight is 315 g/mol. The third-order valence-corrected chi connectivity index (χ3v) is 4.44. The number of aliphatic carboxylic acids is 1. The number of carbonyl (C=O) groups is 2. The molecule has 1 unspecified atom stereocenters. The molecule has 21 heavy (non-hydrogen) atoms. The molecule has 0 aliphatic carbocycles. The number of nitrogens with one attached hydrogen (secondary N) is 1. The Morgan fingerprint density at radius 1 is 1.29 bits per heavy atom. The Hall–Kier alpha value is -1.93. The molecule has 8 heteroatoms. The minimum atomic E-state index is -3.45. The molecule has 1 aromatic carbocycles. The third-order valence-electron chi connectivity index (χ3n) is 2.75. The molecule has 116 valence electrons. The predicted octanol–water partition coefficient (Wildman–Crippen LogP) is 0.310. The molecule has 1 atom stereocenters. The van der Waals surface area contributed by atoms with Crippen LogP contribution in [-0.2, 0) is 19.4 Å². The molecule has 1 rings (SSSR count). The Morgan fingerprint density at radius 2 is 1.86 bits per heavy atom. The van der Waals surface area contributed by atoms with Crippen LogP contribution >= 0.6 is 0 Å². The molecule has 0 spiro atoms. The first-order valence-corrected chi connectivity index (χ1v) is 7.78. The van der Waals surface area contributed by atoms with Gasteiger partial charge in [-0.3, -0.25) is 9.59 Å². The van der Waals surface area contributed by atoms with Crippen LogP contribution in [0.5, 0.6) is 0 Å². The fraction of sp³-hybridized carbons (Fsp3) is 0.385. The molecule has 0 saturated carbocycles. The van der Waals surface area contributed by atoms with Gasteiger partial charge in [0.25, 0.3) is 5.91 Å². The Kier molecular flexibility index (Phi) is 5.86. The summed E-state index contributed by atoms with van der Waals surface area (Å²) < 4.78 is 28.5. The maximum absolute atomic E-state index is 11.9. The summed E-state index contributed by atoms with van der Waals surface area (Å²) in [5.74, 6) is -1.88. The molecule has 0 saturated heterocycles. The highest BCUT2D eigenvalue weighted by atomic mass is 32.2. The predicted molar refractivity (Wildman–Crippen MR) is 74.9 cm³/mol. The Morgan fingerprint density at radius 3 is 2.33 bits per heavy atom. The minimum absolute atomic E-state index is 0.0840. The van der Waals surface area contributed by atoms with Gasteiger partial charge in [0.2, 0.25) is 0 Å². The van der Waals surface area contributed by atoms with Crippen molar-refractivity contribution >= 4 is 21.7 Å². The molecule has 0 aliphatic rings. The van der Waals surface area contributed by atoms with Crippen molar-refractivity contribution in [2.45, 2.75) is 17.9 Å². The fourth-order valence-electron chi connectivity index (χ4n) is 1.47. The first-order valence-electron chi connectivity index (χ1n) is 6.13. The molecule has 0 aliphatic heterocycles. The molecule has 0 bridgehead atoms. The Balaban J connectivity index is 2.83. The number of rotatable bonds is 7. The summed E-state index contributed by atoms with van der Waals surface area (Å²) in [6.07, 6.45) is 0. The van der Waals surface area contributed by atoms with Gasteiger partial charge in [-0.25, -0.2) is 8.42 Å². The van der Waals surface area contributed by atoms with Gasteiger partial charge in [-0.1, -0.05) is 0 Å². The first kappa shape index (κ1) is 17.1. The van der Waals surface area contributed by atoms with Crippen LogP contribution < -0.4 is 5.32 Å². The normalized spacial score (nSPS) is 12.7. The topological polar surface area (TPSA) is 110 Å². The van der Waals surface area contributed by atoms with Crippen molar-refractivity contribution in [2.75, 3.05) is 19.5 Å². The van der Waals surface area contributed by atoms with E-state index >= 15 is 0 Å². The van der Waals surface area contributed by atoms with Crippen molar-refractivity contribution in [3.05, 3.63) is 29.8 Å². The summed E-state index contributed by atoms with van der Waals surface area (Å²) in [5, 5.41) is 11.0. The highest BCUT2D eigenvalue weighted by Crippen LogP contribution is 2.12. The zero-order valence-electron chi connectivity index (χ0n) is 11.7. The monoisotopic (exact) mass is 315 g/mol. The van der Waals surface area contributed by atoms with Crippen LogP contribution in [-0.4, -0.2) is 50.9 Å². The molecule has 2 N–H and O–H groups in total. The van der Waals surface area contributed by atoms with E-state index in [-0.39, 0.29) is 22.8 Å². The lowest BCUT2D eigenvalue weighted by molar-refractivity contribution is -0.138. The zero-order valence-corrected chi connectivity index (χ0v) is 12.5. The summed E-state index contributed by atoms with van der Waals surface area (Å²) in [5.41, 5.74) is 0.189. The van der Waals surface area contributed by atoms with Crippen molar-refractivity contribution in [3.8, 4) is 0 Å². The molecule has 1 aromatic rings. The molecule has 7 nitrogen and oxygen atoms in total. The maximum Gasteiger partial charge on any atom is 0.325 e. The molecule has 0 heterocycles. The van der Waals surface area contributed by atoms with Gasteiger partial charge in [0.1, 0.15) is 6.04 Å². The molecular weight excluding hydrogens is 298 g/mol. The van der Waals surface area contributed by atoms with Crippen LogP contribution in [0.25, 0.3) is 0 Å². The van der Waals surface area contributed by atoms with E-state index in [2.05, 4.69) is 5.32 Å². The lowest BCUT2D eigenvalue weighted by atomic mass is 10.2. The van der Waals surface area contributed by atoms with Gasteiger partial charge in [-0.2, -0.15) is 0 Å². The molecule has 1 amide bonds. The number of carboxylic acid groups (broad SMARTS) is 1. The van der Waals surface area contributed by atoms with Gasteiger partial charge in [0.15, 0.2) is 9.84 Å². The zero-order chi connectivity index (χ0) is 16.0. The molecule has 0 radical (unpaired) electrons. The second-order valence-electron chi connectivity index (χ2n) is 4.37. The van der Waals surface area contributed by atoms with Crippen molar-refractivity contribution in [2.24, 2.45) is 0 Å². The summed E-state index contributed by atoms with van der Waals surface area (Å²) in [7, 11) is -2.04. The smallest absolute Gasteiger partial charge is 0.325 e. The van der Waals surface area contributed by atoms with Gasteiger partial charge in [-0.15, -0.1) is 0 Å². The van der Waals surface area contributed by atoms with Gasteiger partial charge < -0.3 is 15.2 Å². The van der Waals surface area contributed by atoms with E-state index in [1.54, 1.807) is 0 Å². The minimum Gasteiger partial charge on any atom is -0.480 e.